The number of nitrogens with zero attached hydrogens (tertiary/aromatic N) is 1. The van der Waals surface area contributed by atoms with Crippen molar-refractivity contribution in [2.24, 2.45) is 0 Å². The van der Waals surface area contributed by atoms with Crippen LogP contribution in [0.15, 0.2) is 54.6 Å². The number of rotatable bonds is 21. The molecule has 0 N–H and O–H groups in total. The number of imide groups is 1. The van der Waals surface area contributed by atoms with Crippen LogP contribution in [0.2, 0.25) is 0 Å². The summed E-state index contributed by atoms with van der Waals surface area (Å²) in [7, 11) is 0. The molecule has 2 atom stereocenters. The molecule has 2 aromatic carbocycles. The largest absolute Gasteiger partial charge is 0.494 e. The van der Waals surface area contributed by atoms with E-state index in [2.05, 4.69) is 16.4 Å². The lowest BCUT2D eigenvalue weighted by Crippen LogP contribution is -2.64. The van der Waals surface area contributed by atoms with Gasteiger partial charge in [0.15, 0.2) is 6.10 Å². The Morgan fingerprint density at radius 2 is 1.25 bits per heavy atom. The summed E-state index contributed by atoms with van der Waals surface area (Å²) >= 11 is 0. The molecule has 3 rings (SSSR count). The van der Waals surface area contributed by atoms with Gasteiger partial charge < -0.3 is 14.2 Å². The quantitative estimate of drug-likeness (QED) is 0.0915. The van der Waals surface area contributed by atoms with Gasteiger partial charge in [-0.2, -0.15) is 65.9 Å². The fourth-order valence-corrected chi connectivity index (χ4v) is 5.00. The van der Waals surface area contributed by atoms with Crippen LogP contribution in [0.1, 0.15) is 67.4 Å². The molecule has 1 heterocycles. The number of ether oxygens (including phenoxy) is 5. The molecule has 23 heteroatoms. The van der Waals surface area contributed by atoms with Gasteiger partial charge in [-0.25, -0.2) is 19.2 Å². The summed E-state index contributed by atoms with van der Waals surface area (Å²) in [5, 5.41) is 0. The third-order valence-corrected chi connectivity index (χ3v) is 7.85. The number of unbranched alkanes of at least 4 members (excludes halogenated alkanes) is 5. The van der Waals surface area contributed by atoms with Gasteiger partial charge in [-0.3, -0.25) is 4.79 Å². The Bertz CT molecular complexity index is 1590. The standard InChI is InChI=1S/C33H32F15NO7/c1-2-3-4-5-6-10-17-53-22-15-13-21(14-16-22)25(50)49-24(20-11-8-7-9-12-20)23(54-26(49)51)18-52-19-27(34,35)55-32(45,46)33(47,48)56-31(43,44)29(38,39)28(36,37)30(40,41)42/h7-9,11-16,23-24H,2-6,10,17-19H2,1H3/t23?,24-/m0/s1. The van der Waals surface area contributed by atoms with E-state index in [1.54, 1.807) is 4.74 Å². The molecule has 0 radical (unpaired) electrons. The zero-order chi connectivity index (χ0) is 42.4. The Kier molecular flexibility index (Phi) is 14.6. The van der Waals surface area contributed by atoms with Gasteiger partial charge in [-0.1, -0.05) is 69.4 Å². The molecular weight excluding hydrogens is 807 g/mol. The highest BCUT2D eigenvalue weighted by molar-refractivity contribution is 6.04. The van der Waals surface area contributed by atoms with Crippen LogP contribution in [-0.4, -0.2) is 85.3 Å². The second kappa shape index (κ2) is 17.7. The minimum absolute atomic E-state index is 0.0906. The Balaban J connectivity index is 1.69. The van der Waals surface area contributed by atoms with Crippen LogP contribution in [0.25, 0.3) is 0 Å². The van der Waals surface area contributed by atoms with E-state index in [1.165, 1.54) is 54.6 Å². The lowest BCUT2D eigenvalue weighted by atomic mass is 10.0. The number of hydrogen-bond donors (Lipinski definition) is 0. The monoisotopic (exact) mass is 839 g/mol. The maximum atomic E-state index is 14.2. The first-order valence-corrected chi connectivity index (χ1v) is 16.3. The molecule has 56 heavy (non-hydrogen) atoms. The van der Waals surface area contributed by atoms with Crippen LogP contribution in [0.3, 0.4) is 0 Å². The van der Waals surface area contributed by atoms with Crippen molar-refractivity contribution < 1.29 is 99.1 Å². The molecule has 0 spiro atoms. The molecule has 1 aliphatic rings. The molecule has 0 aliphatic carbocycles. The summed E-state index contributed by atoms with van der Waals surface area (Å²) in [6, 6.07) is 11.0. The van der Waals surface area contributed by atoms with Crippen LogP contribution in [0.5, 0.6) is 5.75 Å². The highest BCUT2D eigenvalue weighted by Crippen LogP contribution is 2.56. The number of hydrogen-bond acceptors (Lipinski definition) is 7. The van der Waals surface area contributed by atoms with E-state index < -0.39 is 79.8 Å². The highest BCUT2D eigenvalue weighted by atomic mass is 19.4. The normalized spacial score (nSPS) is 17.6. The zero-order valence-corrected chi connectivity index (χ0v) is 28.7. The first-order chi connectivity index (χ1) is 25.7. The Morgan fingerprint density at radius 1 is 0.696 bits per heavy atom. The molecule has 2 aromatic rings. The Morgan fingerprint density at radius 3 is 1.82 bits per heavy atom. The van der Waals surface area contributed by atoms with Gasteiger partial charge >= 0.3 is 48.5 Å². The van der Waals surface area contributed by atoms with E-state index in [0.29, 0.717) is 17.3 Å². The van der Waals surface area contributed by atoms with E-state index in [-0.39, 0.29) is 11.1 Å². The van der Waals surface area contributed by atoms with Crippen molar-refractivity contribution in [2.45, 2.75) is 100 Å². The van der Waals surface area contributed by atoms with Crippen LogP contribution in [0, 0.1) is 0 Å². The zero-order valence-electron chi connectivity index (χ0n) is 28.7. The van der Waals surface area contributed by atoms with Gasteiger partial charge in [-0.15, -0.1) is 0 Å². The van der Waals surface area contributed by atoms with Gasteiger partial charge in [0.05, 0.1) is 13.2 Å². The minimum Gasteiger partial charge on any atom is -0.494 e. The highest BCUT2D eigenvalue weighted by Gasteiger charge is 2.85. The molecule has 1 fully saturated rings. The Hall–Kier alpha value is -3.99. The molecule has 1 unspecified atom stereocenters. The van der Waals surface area contributed by atoms with E-state index >= 15 is 0 Å². The third kappa shape index (κ3) is 10.7. The smallest absolute Gasteiger partial charge is 0.460 e. The van der Waals surface area contributed by atoms with Crippen molar-refractivity contribution in [1.82, 2.24) is 4.90 Å². The molecule has 316 valence electrons. The van der Waals surface area contributed by atoms with Crippen molar-refractivity contribution in [1.29, 1.82) is 0 Å². The number of carbonyl (C=O) groups excluding carboxylic acids is 2. The first kappa shape index (κ1) is 46.4. The lowest BCUT2D eigenvalue weighted by molar-refractivity contribution is -0.543. The maximum absolute atomic E-state index is 14.2. The fraction of sp³-hybridized carbons (Fsp3) is 0.576. The van der Waals surface area contributed by atoms with Crippen molar-refractivity contribution >= 4 is 12.0 Å². The lowest BCUT2D eigenvalue weighted by Gasteiger charge is -2.36. The van der Waals surface area contributed by atoms with Gasteiger partial charge in [0, 0.05) is 5.56 Å². The summed E-state index contributed by atoms with van der Waals surface area (Å²) in [5.74, 6) is -16.4. The average Bonchev–Trinajstić information content (AvgIpc) is 3.41. The van der Waals surface area contributed by atoms with Crippen LogP contribution in [0.4, 0.5) is 70.7 Å². The van der Waals surface area contributed by atoms with Gasteiger partial charge in [0.25, 0.3) is 5.91 Å². The molecule has 0 bridgehead atoms. The summed E-state index contributed by atoms with van der Waals surface area (Å²) in [4.78, 5) is 26.9. The fourth-order valence-electron chi connectivity index (χ4n) is 5.00. The number of alkyl halides is 15. The van der Waals surface area contributed by atoms with Crippen molar-refractivity contribution in [3.05, 3.63) is 65.7 Å². The summed E-state index contributed by atoms with van der Waals surface area (Å²) < 4.78 is 219. The maximum Gasteiger partial charge on any atom is 0.460 e. The van der Waals surface area contributed by atoms with E-state index in [0.717, 1.165) is 38.5 Å². The number of cyclic esters (lactones) is 1. The van der Waals surface area contributed by atoms with E-state index in [9.17, 15) is 75.4 Å². The van der Waals surface area contributed by atoms with Crippen LogP contribution < -0.4 is 4.74 Å². The molecule has 0 saturated carbocycles. The van der Waals surface area contributed by atoms with E-state index in [4.69, 9.17) is 9.47 Å². The first-order valence-electron chi connectivity index (χ1n) is 16.3. The van der Waals surface area contributed by atoms with Crippen LogP contribution in [-0.2, 0) is 18.9 Å². The number of amides is 2. The molecule has 2 amide bonds. The van der Waals surface area contributed by atoms with Crippen molar-refractivity contribution in [2.75, 3.05) is 19.8 Å². The van der Waals surface area contributed by atoms with Gasteiger partial charge in [-0.05, 0) is 36.2 Å². The molecule has 8 nitrogen and oxygen atoms in total. The summed E-state index contributed by atoms with van der Waals surface area (Å²) in [5.41, 5.74) is 0.0338. The van der Waals surface area contributed by atoms with Gasteiger partial charge in [0.2, 0.25) is 0 Å². The second-order valence-corrected chi connectivity index (χ2v) is 12.1. The molecule has 0 aromatic heterocycles. The van der Waals surface area contributed by atoms with Gasteiger partial charge in [0.1, 0.15) is 18.4 Å². The minimum atomic E-state index is -7.99. The average molecular weight is 840 g/mol. The molecule has 1 aliphatic heterocycles. The predicted octanol–water partition coefficient (Wildman–Crippen LogP) is 10.4. The van der Waals surface area contributed by atoms with Crippen molar-refractivity contribution in [3.63, 3.8) is 0 Å². The predicted molar refractivity (Wildman–Crippen MR) is 160 cm³/mol. The number of carbonyl (C=O) groups is 2. The SMILES string of the molecule is CCCCCCCCOc1ccc(C(=O)N2C(=O)OC(COCC(F)(F)OC(F)(F)C(F)(F)OC(F)(F)C(F)(F)C(F)(F)C(F)(F)F)[C@@H]2c2ccccc2)cc1. The third-order valence-electron chi connectivity index (χ3n) is 7.85. The number of benzene rings is 2. The second-order valence-electron chi connectivity index (χ2n) is 12.1. The topological polar surface area (TPSA) is 83.5 Å². The van der Waals surface area contributed by atoms with Crippen LogP contribution >= 0.6 is 0 Å². The van der Waals surface area contributed by atoms with E-state index in [1.807, 2.05) is 0 Å². The summed E-state index contributed by atoms with van der Waals surface area (Å²) in [6.45, 7) is -1.30. The molecule has 1 saturated heterocycles. The number of halogens is 15. The van der Waals surface area contributed by atoms with Crippen molar-refractivity contribution in [3.8, 4) is 5.75 Å². The Labute approximate surface area is 307 Å². The molecular formula is C33H32F15NO7. The summed E-state index contributed by atoms with van der Waals surface area (Å²) in [6.07, 6.45) is -32.7.